The van der Waals surface area contributed by atoms with Crippen LogP contribution in [-0.4, -0.2) is 13.5 Å². The fraction of sp³-hybridized carbons (Fsp3) is 0. The van der Waals surface area contributed by atoms with Crippen LogP contribution in [0.5, 0.6) is 0 Å². The highest BCUT2D eigenvalue weighted by molar-refractivity contribution is 6.12. The zero-order valence-corrected chi connectivity index (χ0v) is 16.8. The molecule has 0 fully saturated rings. The molecule has 0 aliphatic rings. The fourth-order valence-corrected chi connectivity index (χ4v) is 4.97. The molecule has 3 nitrogen and oxygen atoms in total. The number of para-hydroxylation sites is 5. The van der Waals surface area contributed by atoms with Gasteiger partial charge in [0.05, 0.1) is 16.6 Å². The third-order valence-corrected chi connectivity index (χ3v) is 6.22. The minimum absolute atomic E-state index is 1.17. The van der Waals surface area contributed by atoms with Crippen LogP contribution in [0.1, 0.15) is 0 Å². The number of hydrogen-bond acceptors (Lipinski definition) is 0. The Kier molecular flexibility index (Phi) is 3.27. The van der Waals surface area contributed by atoms with Gasteiger partial charge in [0.25, 0.3) is 0 Å². The minimum Gasteiger partial charge on any atom is -0.295 e. The summed E-state index contributed by atoms with van der Waals surface area (Å²) in [6.07, 6.45) is 0. The molecule has 7 rings (SSSR count). The Labute approximate surface area is 179 Å². The lowest BCUT2D eigenvalue weighted by molar-refractivity contribution is 1.10. The first kappa shape index (κ1) is 16.5. The number of aromatic nitrogens is 3. The van der Waals surface area contributed by atoms with Crippen molar-refractivity contribution in [2.45, 2.75) is 0 Å². The number of hydrogen-bond donors (Lipinski definition) is 0. The Bertz CT molecular complexity index is 1710. The van der Waals surface area contributed by atoms with Gasteiger partial charge >= 0.3 is 0 Å². The quantitative estimate of drug-likeness (QED) is 0.299. The molecule has 3 heteroatoms. The van der Waals surface area contributed by atoms with Crippen LogP contribution in [0.25, 0.3) is 50.0 Å². The molecule has 0 atom stereocenters. The Morgan fingerprint density at radius 2 is 0.968 bits per heavy atom. The molecule has 0 aliphatic carbocycles. The number of fused-ring (bicyclic) bond motifs is 7. The van der Waals surface area contributed by atoms with Crippen LogP contribution in [0, 0.1) is 0 Å². The lowest BCUT2D eigenvalue weighted by atomic mass is 10.2. The predicted molar refractivity (Wildman–Crippen MR) is 129 cm³/mol. The summed E-state index contributed by atoms with van der Waals surface area (Å²) < 4.78 is 7.16. The SMILES string of the molecule is c1ccc(-n2c3ccccc3n3c2cc2c4ccccc4n(-c4ccccc4)c23)cc1. The van der Waals surface area contributed by atoms with Gasteiger partial charge in [-0.1, -0.05) is 66.7 Å². The molecule has 0 unspecified atom stereocenters. The highest BCUT2D eigenvalue weighted by atomic mass is 15.2. The van der Waals surface area contributed by atoms with Gasteiger partial charge in [-0.25, -0.2) is 0 Å². The van der Waals surface area contributed by atoms with Crippen LogP contribution in [0.4, 0.5) is 0 Å². The minimum atomic E-state index is 1.17. The zero-order valence-electron chi connectivity index (χ0n) is 16.8. The highest BCUT2D eigenvalue weighted by Gasteiger charge is 2.21. The molecule has 146 valence electrons. The maximum absolute atomic E-state index is 2.41. The van der Waals surface area contributed by atoms with Crippen LogP contribution in [0.2, 0.25) is 0 Å². The van der Waals surface area contributed by atoms with Gasteiger partial charge in [0.2, 0.25) is 0 Å². The van der Waals surface area contributed by atoms with Crippen molar-refractivity contribution in [3.05, 3.63) is 115 Å². The van der Waals surface area contributed by atoms with Gasteiger partial charge in [-0.2, -0.15) is 0 Å². The summed E-state index contributed by atoms with van der Waals surface area (Å²) in [5.41, 5.74) is 8.35. The predicted octanol–water partition coefficient (Wildman–Crippen LogP) is 6.98. The second-order valence-electron chi connectivity index (χ2n) is 7.92. The van der Waals surface area contributed by atoms with Gasteiger partial charge in [0.15, 0.2) is 0 Å². The standard InChI is InChI=1S/C28H19N3/c1-3-11-20(12-4-1)29-25-17-9-10-18-26(25)31-27(29)19-23-22-15-7-8-16-24(22)30(28(23)31)21-13-5-2-6-14-21/h1-19H. The number of imidazole rings is 1. The molecule has 7 aromatic rings. The van der Waals surface area contributed by atoms with E-state index in [1.165, 1.54) is 50.0 Å². The van der Waals surface area contributed by atoms with Crippen molar-refractivity contribution in [2.24, 2.45) is 0 Å². The Hall–Kier alpha value is -4.24. The molecule has 0 bridgehead atoms. The van der Waals surface area contributed by atoms with E-state index in [-0.39, 0.29) is 0 Å². The number of rotatable bonds is 2. The second kappa shape index (κ2) is 6.13. The van der Waals surface area contributed by atoms with E-state index in [1.54, 1.807) is 0 Å². The Balaban J connectivity index is 1.76. The molecule has 0 aliphatic heterocycles. The van der Waals surface area contributed by atoms with Crippen LogP contribution in [0.15, 0.2) is 115 Å². The number of nitrogens with zero attached hydrogens (tertiary/aromatic N) is 3. The molecule has 3 aromatic heterocycles. The maximum Gasteiger partial charge on any atom is 0.132 e. The summed E-state index contributed by atoms with van der Waals surface area (Å²) in [5, 5.41) is 2.54. The third-order valence-electron chi connectivity index (χ3n) is 6.22. The van der Waals surface area contributed by atoms with E-state index in [9.17, 15) is 0 Å². The average molecular weight is 397 g/mol. The van der Waals surface area contributed by atoms with Crippen molar-refractivity contribution in [1.82, 2.24) is 13.5 Å². The van der Waals surface area contributed by atoms with E-state index in [0.717, 1.165) is 0 Å². The number of benzene rings is 4. The van der Waals surface area contributed by atoms with Crippen molar-refractivity contribution in [3.63, 3.8) is 0 Å². The molecular weight excluding hydrogens is 378 g/mol. The molecule has 0 saturated carbocycles. The van der Waals surface area contributed by atoms with Crippen molar-refractivity contribution in [2.75, 3.05) is 0 Å². The van der Waals surface area contributed by atoms with Crippen LogP contribution in [-0.2, 0) is 0 Å². The van der Waals surface area contributed by atoms with Crippen molar-refractivity contribution in [3.8, 4) is 11.4 Å². The first-order chi connectivity index (χ1) is 15.4. The van der Waals surface area contributed by atoms with Gasteiger partial charge in [0.1, 0.15) is 11.3 Å². The smallest absolute Gasteiger partial charge is 0.132 e. The lowest BCUT2D eigenvalue weighted by Crippen LogP contribution is -1.97. The van der Waals surface area contributed by atoms with Gasteiger partial charge in [-0.15, -0.1) is 0 Å². The van der Waals surface area contributed by atoms with Crippen molar-refractivity contribution < 1.29 is 0 Å². The van der Waals surface area contributed by atoms with Crippen LogP contribution >= 0.6 is 0 Å². The molecule has 0 saturated heterocycles. The average Bonchev–Trinajstić information content (AvgIpc) is 3.46. The van der Waals surface area contributed by atoms with Crippen LogP contribution in [0.3, 0.4) is 0 Å². The summed E-state index contributed by atoms with van der Waals surface area (Å²) >= 11 is 0. The van der Waals surface area contributed by atoms with Crippen molar-refractivity contribution in [1.29, 1.82) is 0 Å². The fourth-order valence-electron chi connectivity index (χ4n) is 4.97. The van der Waals surface area contributed by atoms with E-state index in [1.807, 2.05) is 0 Å². The van der Waals surface area contributed by atoms with E-state index >= 15 is 0 Å². The summed E-state index contributed by atoms with van der Waals surface area (Å²) in [6.45, 7) is 0. The van der Waals surface area contributed by atoms with Gasteiger partial charge in [-0.05, 0) is 48.5 Å². The summed E-state index contributed by atoms with van der Waals surface area (Å²) in [5.74, 6) is 0. The van der Waals surface area contributed by atoms with Gasteiger partial charge in [0, 0.05) is 22.1 Å². The molecule has 31 heavy (non-hydrogen) atoms. The van der Waals surface area contributed by atoms with E-state index in [2.05, 4.69) is 129 Å². The lowest BCUT2D eigenvalue weighted by Gasteiger charge is -2.08. The molecule has 0 spiro atoms. The molecule has 0 amide bonds. The molecule has 3 heterocycles. The Morgan fingerprint density at radius 3 is 1.68 bits per heavy atom. The summed E-state index contributed by atoms with van der Waals surface area (Å²) in [7, 11) is 0. The van der Waals surface area contributed by atoms with Gasteiger partial charge < -0.3 is 0 Å². The highest BCUT2D eigenvalue weighted by Crippen LogP contribution is 2.38. The first-order valence-corrected chi connectivity index (χ1v) is 10.6. The summed E-state index contributed by atoms with van der Waals surface area (Å²) in [4.78, 5) is 0. The Morgan fingerprint density at radius 1 is 0.419 bits per heavy atom. The molecule has 4 aromatic carbocycles. The van der Waals surface area contributed by atoms with E-state index < -0.39 is 0 Å². The normalized spacial score (nSPS) is 11.9. The molecule has 0 radical (unpaired) electrons. The van der Waals surface area contributed by atoms with Crippen LogP contribution < -0.4 is 0 Å². The molecular formula is C28H19N3. The second-order valence-corrected chi connectivity index (χ2v) is 7.92. The van der Waals surface area contributed by atoms with Gasteiger partial charge in [-0.3, -0.25) is 13.5 Å². The zero-order chi connectivity index (χ0) is 20.4. The van der Waals surface area contributed by atoms with E-state index in [4.69, 9.17) is 0 Å². The third kappa shape index (κ3) is 2.18. The molecule has 0 N–H and O–H groups in total. The van der Waals surface area contributed by atoms with E-state index in [0.29, 0.717) is 0 Å². The summed E-state index contributed by atoms with van der Waals surface area (Å²) in [6, 6.07) is 40.9. The largest absolute Gasteiger partial charge is 0.295 e. The first-order valence-electron chi connectivity index (χ1n) is 10.6. The topological polar surface area (TPSA) is 14.3 Å². The van der Waals surface area contributed by atoms with Crippen molar-refractivity contribution >= 4 is 38.6 Å². The monoisotopic (exact) mass is 397 g/mol. The maximum atomic E-state index is 2.41.